The monoisotopic (exact) mass is 471 g/mol. The Labute approximate surface area is 185 Å². The lowest BCUT2D eigenvalue weighted by atomic mass is 10.00. The highest BCUT2D eigenvalue weighted by Gasteiger charge is 2.32. The van der Waals surface area contributed by atoms with E-state index >= 15 is 0 Å². The lowest BCUT2D eigenvalue weighted by Gasteiger charge is -2.32. The summed E-state index contributed by atoms with van der Waals surface area (Å²) in [6, 6.07) is 13.7. The van der Waals surface area contributed by atoms with E-state index in [9.17, 15) is 14.7 Å². The Bertz CT molecular complexity index is 964. The molecule has 1 unspecified atom stereocenters. The molecule has 0 spiro atoms. The molecule has 0 saturated carbocycles. The zero-order valence-corrected chi connectivity index (χ0v) is 18.6. The van der Waals surface area contributed by atoms with Crippen LogP contribution in [0, 0.1) is 0 Å². The molecule has 0 aromatic heterocycles. The molecule has 0 bridgehead atoms. The summed E-state index contributed by atoms with van der Waals surface area (Å²) < 4.78 is 0.819. The van der Waals surface area contributed by atoms with E-state index in [0.717, 1.165) is 24.0 Å². The van der Waals surface area contributed by atoms with Crippen molar-refractivity contribution in [2.45, 2.75) is 26.0 Å². The van der Waals surface area contributed by atoms with Gasteiger partial charge >= 0.3 is 0 Å². The van der Waals surface area contributed by atoms with Gasteiger partial charge in [0.25, 0.3) is 5.91 Å². The quantitative estimate of drug-likeness (QED) is 0.727. The van der Waals surface area contributed by atoms with Crippen LogP contribution in [-0.2, 0) is 17.8 Å². The third kappa shape index (κ3) is 4.29. The number of rotatable bonds is 5. The Balaban J connectivity index is 1.47. The van der Waals surface area contributed by atoms with Crippen LogP contribution in [0.5, 0.6) is 0 Å². The van der Waals surface area contributed by atoms with Gasteiger partial charge in [0.15, 0.2) is 0 Å². The third-order valence-corrected chi connectivity index (χ3v) is 6.31. The average molecular weight is 472 g/mol. The molecule has 0 saturated heterocycles. The molecule has 7 heteroatoms. The van der Waals surface area contributed by atoms with Crippen LogP contribution in [0.15, 0.2) is 46.9 Å². The Hall–Kier alpha value is -2.22. The van der Waals surface area contributed by atoms with Gasteiger partial charge in [0.05, 0.1) is 17.4 Å². The minimum atomic E-state index is -0.723. The van der Waals surface area contributed by atoms with Crippen molar-refractivity contribution >= 4 is 33.4 Å². The number of halogens is 1. The fourth-order valence-electron chi connectivity index (χ4n) is 4.35. The van der Waals surface area contributed by atoms with E-state index in [2.05, 4.69) is 39.0 Å². The number of aliphatic hydroxyl groups excluding tert-OH is 1. The van der Waals surface area contributed by atoms with Crippen LogP contribution in [-0.4, -0.2) is 65.5 Å². The van der Waals surface area contributed by atoms with Crippen molar-refractivity contribution < 1.29 is 14.7 Å². The normalized spacial score (nSPS) is 18.1. The van der Waals surface area contributed by atoms with Crippen LogP contribution in [0.2, 0.25) is 0 Å². The summed E-state index contributed by atoms with van der Waals surface area (Å²) in [5, 5.41) is 10.7. The van der Waals surface area contributed by atoms with Crippen LogP contribution in [0.1, 0.15) is 28.4 Å². The second kappa shape index (κ2) is 8.88. The zero-order valence-electron chi connectivity index (χ0n) is 17.1. The van der Waals surface area contributed by atoms with Crippen LogP contribution >= 0.6 is 15.9 Å². The first-order chi connectivity index (χ1) is 14.5. The number of nitrogens with zero attached hydrogens (tertiary/aromatic N) is 3. The van der Waals surface area contributed by atoms with Crippen molar-refractivity contribution in [1.29, 1.82) is 0 Å². The fraction of sp³-hybridized carbons (Fsp3) is 0.391. The number of β-amino-alcohol motifs (C(OH)–C–C–N with tert-alkyl or cyclic N) is 1. The maximum atomic E-state index is 13.2. The van der Waals surface area contributed by atoms with Crippen LogP contribution in [0.3, 0.4) is 0 Å². The number of hydrogen-bond acceptors (Lipinski definition) is 4. The molecule has 1 atom stereocenters. The molecule has 2 aromatic rings. The second-order valence-electron chi connectivity index (χ2n) is 7.89. The first kappa shape index (κ1) is 21.0. The Morgan fingerprint density at radius 1 is 1.07 bits per heavy atom. The minimum Gasteiger partial charge on any atom is -0.390 e. The number of anilines is 1. The van der Waals surface area contributed by atoms with Gasteiger partial charge in [-0.3, -0.25) is 14.5 Å². The first-order valence-electron chi connectivity index (χ1n) is 10.3. The highest BCUT2D eigenvalue weighted by molar-refractivity contribution is 9.10. The molecular weight excluding hydrogens is 446 g/mol. The molecule has 1 N–H and O–H groups in total. The van der Waals surface area contributed by atoms with Gasteiger partial charge in [0, 0.05) is 37.2 Å². The SMILES string of the molecule is CCN1C(=O)CN(CC(O)CN2CCc3ccccc3C2)C(=O)c2ccc(Br)cc21. The van der Waals surface area contributed by atoms with E-state index < -0.39 is 6.10 Å². The molecule has 2 aromatic carbocycles. The molecule has 158 valence electrons. The highest BCUT2D eigenvalue weighted by Crippen LogP contribution is 2.29. The zero-order chi connectivity index (χ0) is 21.3. The molecule has 6 nitrogen and oxygen atoms in total. The summed E-state index contributed by atoms with van der Waals surface area (Å²) >= 11 is 3.43. The number of carbonyl (C=O) groups excluding carboxylic acids is 2. The van der Waals surface area contributed by atoms with Gasteiger partial charge in [-0.25, -0.2) is 0 Å². The number of likely N-dealkylation sites (N-methyl/N-ethyl adjacent to an activating group) is 1. The van der Waals surface area contributed by atoms with Gasteiger partial charge < -0.3 is 14.9 Å². The van der Waals surface area contributed by atoms with Gasteiger partial charge in [-0.05, 0) is 42.7 Å². The predicted molar refractivity (Wildman–Crippen MR) is 120 cm³/mol. The number of fused-ring (bicyclic) bond motifs is 2. The molecule has 0 radical (unpaired) electrons. The van der Waals surface area contributed by atoms with E-state index in [4.69, 9.17) is 0 Å². The average Bonchev–Trinajstić information content (AvgIpc) is 2.82. The summed E-state index contributed by atoms with van der Waals surface area (Å²) in [5.41, 5.74) is 3.76. The number of benzene rings is 2. The summed E-state index contributed by atoms with van der Waals surface area (Å²) in [4.78, 5) is 31.3. The lowest BCUT2D eigenvalue weighted by molar-refractivity contribution is -0.119. The van der Waals surface area contributed by atoms with Crippen LogP contribution < -0.4 is 4.90 Å². The van der Waals surface area contributed by atoms with Gasteiger partial charge in [-0.1, -0.05) is 40.2 Å². The predicted octanol–water partition coefficient (Wildman–Crippen LogP) is 2.68. The summed E-state index contributed by atoms with van der Waals surface area (Å²) in [7, 11) is 0. The number of hydrogen-bond donors (Lipinski definition) is 1. The van der Waals surface area contributed by atoms with E-state index in [-0.39, 0.29) is 24.9 Å². The summed E-state index contributed by atoms with van der Waals surface area (Å²) in [6.07, 6.45) is 0.233. The molecule has 0 fully saturated rings. The van der Waals surface area contributed by atoms with E-state index in [0.29, 0.717) is 24.3 Å². The van der Waals surface area contributed by atoms with Crippen molar-refractivity contribution in [2.75, 3.05) is 37.6 Å². The molecule has 2 heterocycles. The highest BCUT2D eigenvalue weighted by atomic mass is 79.9. The second-order valence-corrected chi connectivity index (χ2v) is 8.81. The minimum absolute atomic E-state index is 0.0289. The largest absolute Gasteiger partial charge is 0.390 e. The van der Waals surface area contributed by atoms with Gasteiger partial charge in [-0.15, -0.1) is 0 Å². The van der Waals surface area contributed by atoms with Crippen molar-refractivity contribution in [3.63, 3.8) is 0 Å². The van der Waals surface area contributed by atoms with Crippen LogP contribution in [0.25, 0.3) is 0 Å². The van der Waals surface area contributed by atoms with Crippen molar-refractivity contribution in [2.24, 2.45) is 0 Å². The maximum absolute atomic E-state index is 13.2. The smallest absolute Gasteiger partial charge is 0.256 e. The first-order valence-corrected chi connectivity index (χ1v) is 11.1. The van der Waals surface area contributed by atoms with E-state index in [1.165, 1.54) is 16.0 Å². The van der Waals surface area contributed by atoms with Crippen LogP contribution in [0.4, 0.5) is 5.69 Å². The fourth-order valence-corrected chi connectivity index (χ4v) is 4.70. The summed E-state index contributed by atoms with van der Waals surface area (Å²) in [5.74, 6) is -0.355. The molecule has 2 aliphatic rings. The molecule has 30 heavy (non-hydrogen) atoms. The molecule has 2 amide bonds. The standard InChI is InChI=1S/C23H26BrN3O3/c1-2-27-21-11-18(24)7-8-20(21)23(30)26(15-22(27)29)14-19(28)13-25-10-9-16-5-3-4-6-17(16)12-25/h3-8,11,19,28H,2,9-10,12-15H2,1H3. The Morgan fingerprint density at radius 3 is 2.60 bits per heavy atom. The Morgan fingerprint density at radius 2 is 1.83 bits per heavy atom. The van der Waals surface area contributed by atoms with Gasteiger partial charge in [-0.2, -0.15) is 0 Å². The number of aliphatic hydroxyl groups is 1. The third-order valence-electron chi connectivity index (χ3n) is 5.82. The lowest BCUT2D eigenvalue weighted by Crippen LogP contribution is -2.46. The van der Waals surface area contributed by atoms with Gasteiger partial charge in [0.2, 0.25) is 5.91 Å². The van der Waals surface area contributed by atoms with Crippen molar-refractivity contribution in [3.05, 3.63) is 63.6 Å². The maximum Gasteiger partial charge on any atom is 0.256 e. The summed E-state index contributed by atoms with van der Waals surface area (Å²) in [6.45, 7) is 4.62. The topological polar surface area (TPSA) is 64.1 Å². The molecule has 0 aliphatic carbocycles. The van der Waals surface area contributed by atoms with Crippen molar-refractivity contribution in [3.8, 4) is 0 Å². The molecular formula is C23H26BrN3O3. The number of amides is 2. The van der Waals surface area contributed by atoms with E-state index in [1.807, 2.05) is 13.0 Å². The Kier molecular flexibility index (Phi) is 6.22. The van der Waals surface area contributed by atoms with Crippen molar-refractivity contribution in [1.82, 2.24) is 9.80 Å². The van der Waals surface area contributed by atoms with E-state index in [1.54, 1.807) is 23.1 Å². The van der Waals surface area contributed by atoms with Gasteiger partial charge in [0.1, 0.15) is 6.54 Å². The number of carbonyl (C=O) groups is 2. The molecule has 4 rings (SSSR count). The molecule has 2 aliphatic heterocycles.